The first-order valence-electron chi connectivity index (χ1n) is 6.51. The smallest absolute Gasteiger partial charge is 0.387 e. The fraction of sp³-hybridized carbons (Fsp3) is 0.429. The Balaban J connectivity index is 1.71. The third-order valence-electron chi connectivity index (χ3n) is 3.31. The molecule has 2 atom stereocenters. The minimum atomic E-state index is -2.85. The van der Waals surface area contributed by atoms with Gasteiger partial charge in [-0.15, -0.1) is 0 Å². The molecule has 7 heteroatoms. The lowest BCUT2D eigenvalue weighted by Gasteiger charge is -2.07. The van der Waals surface area contributed by atoms with Crippen molar-refractivity contribution in [3.05, 3.63) is 29.8 Å². The van der Waals surface area contributed by atoms with E-state index in [1.54, 1.807) is 12.1 Å². The summed E-state index contributed by atoms with van der Waals surface area (Å²) >= 11 is 0. The molecule has 21 heavy (non-hydrogen) atoms. The first kappa shape index (κ1) is 15.2. The molecule has 0 radical (unpaired) electrons. The Bertz CT molecular complexity index is 518. The molecule has 0 spiro atoms. The summed E-state index contributed by atoms with van der Waals surface area (Å²) in [7, 11) is 0. The number of amides is 1. The van der Waals surface area contributed by atoms with Crippen molar-refractivity contribution in [3.8, 4) is 5.75 Å². The summed E-state index contributed by atoms with van der Waals surface area (Å²) in [5.41, 5.74) is 0.863. The second-order valence-electron chi connectivity index (χ2n) is 4.85. The maximum absolute atomic E-state index is 12.0. The molecule has 2 rings (SSSR count). The zero-order valence-electron chi connectivity index (χ0n) is 11.1. The third-order valence-corrected chi connectivity index (χ3v) is 3.31. The van der Waals surface area contributed by atoms with Crippen LogP contribution in [0.1, 0.15) is 12.0 Å². The molecule has 1 aromatic carbocycles. The zero-order chi connectivity index (χ0) is 15.4. The van der Waals surface area contributed by atoms with Gasteiger partial charge in [-0.2, -0.15) is 8.78 Å². The summed E-state index contributed by atoms with van der Waals surface area (Å²) in [5.74, 6) is -2.09. The third kappa shape index (κ3) is 4.40. The van der Waals surface area contributed by atoms with Gasteiger partial charge >= 0.3 is 12.6 Å². The number of ether oxygens (including phenoxy) is 1. The van der Waals surface area contributed by atoms with Gasteiger partial charge in [0.05, 0.1) is 11.8 Å². The zero-order valence-corrected chi connectivity index (χ0v) is 11.1. The lowest BCUT2D eigenvalue weighted by Crippen LogP contribution is -2.28. The Morgan fingerprint density at radius 2 is 1.95 bits per heavy atom. The van der Waals surface area contributed by atoms with E-state index in [9.17, 15) is 18.4 Å². The van der Waals surface area contributed by atoms with E-state index in [0.717, 1.165) is 5.56 Å². The van der Waals surface area contributed by atoms with E-state index in [4.69, 9.17) is 5.11 Å². The lowest BCUT2D eigenvalue weighted by atomic mass is 10.1. The van der Waals surface area contributed by atoms with Crippen molar-refractivity contribution >= 4 is 11.9 Å². The molecule has 0 unspecified atom stereocenters. The topological polar surface area (TPSA) is 75.6 Å². The van der Waals surface area contributed by atoms with Crippen LogP contribution in [0.15, 0.2) is 24.3 Å². The predicted octanol–water partition coefficient (Wildman–Crippen LogP) is 1.67. The highest BCUT2D eigenvalue weighted by molar-refractivity contribution is 5.89. The minimum Gasteiger partial charge on any atom is -0.481 e. The molecule has 1 amide bonds. The van der Waals surface area contributed by atoms with E-state index in [-0.39, 0.29) is 11.7 Å². The van der Waals surface area contributed by atoms with Crippen LogP contribution in [0.4, 0.5) is 8.78 Å². The molecule has 0 saturated heterocycles. The van der Waals surface area contributed by atoms with Gasteiger partial charge in [0.25, 0.3) is 0 Å². The average Bonchev–Trinajstić information content (AvgIpc) is 3.20. The summed E-state index contributed by atoms with van der Waals surface area (Å²) in [6.07, 6.45) is 0.923. The number of carboxylic acid groups (broad SMARTS) is 1. The van der Waals surface area contributed by atoms with Gasteiger partial charge in [0.1, 0.15) is 5.75 Å². The van der Waals surface area contributed by atoms with Crippen molar-refractivity contribution in [1.82, 2.24) is 5.32 Å². The molecule has 1 aromatic rings. The van der Waals surface area contributed by atoms with Crippen LogP contribution >= 0.6 is 0 Å². The molecular weight excluding hydrogens is 284 g/mol. The average molecular weight is 299 g/mol. The van der Waals surface area contributed by atoms with Crippen molar-refractivity contribution in [1.29, 1.82) is 0 Å². The molecular formula is C14H15F2NO4. The number of benzene rings is 1. The van der Waals surface area contributed by atoms with Gasteiger partial charge in [-0.25, -0.2) is 0 Å². The molecule has 1 fully saturated rings. The SMILES string of the molecule is O=C(O)[C@H]1C[C@H]1C(=O)NCCc1ccc(OC(F)F)cc1. The van der Waals surface area contributed by atoms with Gasteiger partial charge in [0, 0.05) is 6.54 Å². The van der Waals surface area contributed by atoms with Crippen molar-refractivity contribution in [2.75, 3.05) is 6.54 Å². The van der Waals surface area contributed by atoms with Crippen LogP contribution in [0.2, 0.25) is 0 Å². The maximum atomic E-state index is 12.0. The van der Waals surface area contributed by atoms with Crippen LogP contribution in [-0.4, -0.2) is 30.1 Å². The van der Waals surface area contributed by atoms with Crippen LogP contribution in [0, 0.1) is 11.8 Å². The molecule has 5 nitrogen and oxygen atoms in total. The van der Waals surface area contributed by atoms with Crippen LogP contribution < -0.4 is 10.1 Å². The molecule has 2 N–H and O–H groups in total. The summed E-state index contributed by atoms with van der Waals surface area (Å²) < 4.78 is 28.2. The number of aliphatic carboxylic acids is 1. The van der Waals surface area contributed by atoms with E-state index >= 15 is 0 Å². The number of carbonyl (C=O) groups excluding carboxylic acids is 1. The fourth-order valence-corrected chi connectivity index (χ4v) is 2.06. The monoisotopic (exact) mass is 299 g/mol. The Labute approximate surface area is 119 Å². The van der Waals surface area contributed by atoms with Crippen LogP contribution in [0.3, 0.4) is 0 Å². The largest absolute Gasteiger partial charge is 0.481 e. The van der Waals surface area contributed by atoms with E-state index < -0.39 is 24.4 Å². The standard InChI is InChI=1S/C14H15F2NO4/c15-14(16)21-9-3-1-8(2-4-9)5-6-17-12(18)10-7-11(10)13(19)20/h1-4,10-11,14H,5-7H2,(H,17,18)(H,19,20)/t10-,11+/m1/s1. The number of rotatable bonds is 7. The van der Waals surface area contributed by atoms with Crippen LogP contribution in [-0.2, 0) is 16.0 Å². The van der Waals surface area contributed by atoms with Gasteiger partial charge in [-0.3, -0.25) is 9.59 Å². The van der Waals surface area contributed by atoms with E-state index in [1.807, 2.05) is 0 Å². The number of carboxylic acids is 1. The van der Waals surface area contributed by atoms with E-state index in [2.05, 4.69) is 10.1 Å². The number of alkyl halides is 2. The number of nitrogens with one attached hydrogen (secondary N) is 1. The highest BCUT2D eigenvalue weighted by atomic mass is 19.3. The second kappa shape index (κ2) is 6.51. The summed E-state index contributed by atoms with van der Waals surface area (Å²) in [4.78, 5) is 22.2. The predicted molar refractivity (Wildman–Crippen MR) is 69.0 cm³/mol. The Hall–Kier alpha value is -2.18. The molecule has 114 valence electrons. The Morgan fingerprint density at radius 1 is 1.29 bits per heavy atom. The summed E-state index contributed by atoms with van der Waals surface area (Å²) in [6.45, 7) is -2.48. The van der Waals surface area contributed by atoms with E-state index in [0.29, 0.717) is 19.4 Å². The number of hydrogen-bond donors (Lipinski definition) is 2. The molecule has 1 aliphatic rings. The molecule has 0 aromatic heterocycles. The van der Waals surface area contributed by atoms with Gasteiger partial charge in [-0.1, -0.05) is 12.1 Å². The summed E-state index contributed by atoms with van der Waals surface area (Å²) in [6, 6.07) is 6.15. The molecule has 0 bridgehead atoms. The number of carbonyl (C=O) groups is 2. The van der Waals surface area contributed by atoms with Crippen LogP contribution in [0.5, 0.6) is 5.75 Å². The number of halogens is 2. The highest BCUT2D eigenvalue weighted by Gasteiger charge is 2.48. The van der Waals surface area contributed by atoms with Crippen LogP contribution in [0.25, 0.3) is 0 Å². The quantitative estimate of drug-likeness (QED) is 0.803. The molecule has 0 heterocycles. The second-order valence-corrected chi connectivity index (χ2v) is 4.85. The first-order chi connectivity index (χ1) is 9.97. The van der Waals surface area contributed by atoms with E-state index in [1.165, 1.54) is 12.1 Å². The summed E-state index contributed by atoms with van der Waals surface area (Å²) in [5, 5.41) is 11.4. The number of hydrogen-bond acceptors (Lipinski definition) is 3. The Morgan fingerprint density at radius 3 is 2.48 bits per heavy atom. The molecule has 1 saturated carbocycles. The van der Waals surface area contributed by atoms with Gasteiger partial charge in [0.15, 0.2) is 0 Å². The van der Waals surface area contributed by atoms with Crippen molar-refractivity contribution < 1.29 is 28.2 Å². The van der Waals surface area contributed by atoms with Gasteiger partial charge < -0.3 is 15.2 Å². The van der Waals surface area contributed by atoms with Crippen molar-refractivity contribution in [2.45, 2.75) is 19.5 Å². The normalized spacial score (nSPS) is 20.1. The minimum absolute atomic E-state index is 0.0834. The molecule has 1 aliphatic carbocycles. The fourth-order valence-electron chi connectivity index (χ4n) is 2.06. The molecule has 0 aliphatic heterocycles. The van der Waals surface area contributed by atoms with Gasteiger partial charge in [0.2, 0.25) is 5.91 Å². The highest BCUT2D eigenvalue weighted by Crippen LogP contribution is 2.38. The first-order valence-corrected chi connectivity index (χ1v) is 6.51. The van der Waals surface area contributed by atoms with Crippen molar-refractivity contribution in [3.63, 3.8) is 0 Å². The van der Waals surface area contributed by atoms with Gasteiger partial charge in [-0.05, 0) is 30.5 Å². The van der Waals surface area contributed by atoms with Crippen molar-refractivity contribution in [2.24, 2.45) is 11.8 Å². The lowest BCUT2D eigenvalue weighted by molar-refractivity contribution is -0.140. The maximum Gasteiger partial charge on any atom is 0.387 e. The Kier molecular flexibility index (Phi) is 4.72.